The molecule has 3 atom stereocenters. The number of amides is 4. The van der Waals surface area contributed by atoms with Crippen LogP contribution in [0.2, 0.25) is 25.7 Å². The molecule has 0 radical (unpaired) electrons. The van der Waals surface area contributed by atoms with Crippen LogP contribution in [0.15, 0.2) is 18.2 Å². The predicted octanol–water partition coefficient (Wildman–Crippen LogP) is 4.50. The molecule has 1 aromatic carbocycles. The summed E-state index contributed by atoms with van der Waals surface area (Å²) in [5.41, 5.74) is 0.743. The number of imide groups is 1. The van der Waals surface area contributed by atoms with Crippen molar-refractivity contribution < 1.29 is 33.4 Å². The molecule has 2 saturated heterocycles. The van der Waals surface area contributed by atoms with Crippen molar-refractivity contribution in [2.45, 2.75) is 96.9 Å². The topological polar surface area (TPSA) is 106 Å². The van der Waals surface area contributed by atoms with Crippen LogP contribution < -0.4 is 4.74 Å². The number of nitrogens with zero attached hydrogens (tertiary/aromatic N) is 3. The summed E-state index contributed by atoms with van der Waals surface area (Å²) < 4.78 is 17.6. The Morgan fingerprint density at radius 3 is 2.51 bits per heavy atom. The maximum Gasteiger partial charge on any atom is 0.410 e. The molecule has 2 fully saturated rings. The lowest BCUT2D eigenvalue weighted by Crippen LogP contribution is -2.55. The molecule has 1 aromatic rings. The fourth-order valence-corrected chi connectivity index (χ4v) is 6.23. The fraction of sp³-hybridized carbons (Fsp3) is 0.667. The second-order valence-corrected chi connectivity index (χ2v) is 19.4. The van der Waals surface area contributed by atoms with Crippen LogP contribution >= 0.6 is 0 Å². The third-order valence-corrected chi connectivity index (χ3v) is 9.27. The highest BCUT2D eigenvalue weighted by Gasteiger charge is 2.43. The first-order valence-electron chi connectivity index (χ1n) is 14.6. The smallest absolute Gasteiger partial charge is 0.410 e. The van der Waals surface area contributed by atoms with E-state index < -0.39 is 19.7 Å². The van der Waals surface area contributed by atoms with Gasteiger partial charge in [-0.1, -0.05) is 26.6 Å². The zero-order chi connectivity index (χ0) is 30.1. The lowest BCUT2D eigenvalue weighted by Gasteiger charge is -2.37. The van der Waals surface area contributed by atoms with Crippen molar-refractivity contribution in [3.8, 4) is 5.75 Å². The number of rotatable bonds is 8. The maximum atomic E-state index is 13.3. The zero-order valence-electron chi connectivity index (χ0n) is 25.5. The van der Waals surface area contributed by atoms with Crippen LogP contribution in [0, 0.1) is 5.92 Å². The maximum absolute atomic E-state index is 13.3. The van der Waals surface area contributed by atoms with Crippen LogP contribution in [0.4, 0.5) is 4.79 Å². The molecule has 4 rings (SSSR count). The van der Waals surface area contributed by atoms with E-state index in [1.54, 1.807) is 21.9 Å². The Morgan fingerprint density at radius 1 is 1.10 bits per heavy atom. The number of ether oxygens (including phenoxy) is 3. The third kappa shape index (κ3) is 7.88. The van der Waals surface area contributed by atoms with Gasteiger partial charge in [0.15, 0.2) is 0 Å². The first kappa shape index (κ1) is 31.0. The molecule has 0 saturated carbocycles. The van der Waals surface area contributed by atoms with E-state index in [9.17, 15) is 19.2 Å². The van der Waals surface area contributed by atoms with Gasteiger partial charge in [0.25, 0.3) is 11.8 Å². The molecular formula is C30H45N3O7Si. The molecule has 0 unspecified atom stereocenters. The number of fused-ring (bicyclic) bond motifs is 1. The number of likely N-dealkylation sites (tertiary alicyclic amines) is 2. The summed E-state index contributed by atoms with van der Waals surface area (Å²) in [6, 6.07) is 5.58. The van der Waals surface area contributed by atoms with E-state index in [4.69, 9.17) is 14.2 Å². The minimum Gasteiger partial charge on any atom is -0.489 e. The Kier molecular flexibility index (Phi) is 9.18. The predicted molar refractivity (Wildman–Crippen MR) is 156 cm³/mol. The molecule has 0 aromatic heterocycles. The van der Waals surface area contributed by atoms with Crippen molar-refractivity contribution in [3.63, 3.8) is 0 Å². The molecule has 0 N–H and O–H groups in total. The van der Waals surface area contributed by atoms with E-state index >= 15 is 0 Å². The highest BCUT2D eigenvalue weighted by molar-refractivity contribution is 6.76. The largest absolute Gasteiger partial charge is 0.489 e. The van der Waals surface area contributed by atoms with Gasteiger partial charge < -0.3 is 24.0 Å². The van der Waals surface area contributed by atoms with Crippen LogP contribution in [0.3, 0.4) is 0 Å². The average Bonchev–Trinajstić information content (AvgIpc) is 3.16. The van der Waals surface area contributed by atoms with E-state index in [-0.39, 0.29) is 55.5 Å². The van der Waals surface area contributed by atoms with Gasteiger partial charge in [0.05, 0.1) is 6.54 Å². The molecule has 4 amide bonds. The highest BCUT2D eigenvalue weighted by atomic mass is 28.3. The Hall–Kier alpha value is -2.92. The van der Waals surface area contributed by atoms with E-state index in [0.717, 1.165) is 22.9 Å². The van der Waals surface area contributed by atoms with E-state index in [0.29, 0.717) is 37.4 Å². The SMILES string of the molecule is C[C@H]1C[C@@H](Oc2ccc3c(c2)CN([C@@H]2CCC(=O)N(COCC[Si](C)(C)C)C2=O)C3=O)CN(C(=O)OC(C)(C)C)C1. The Labute approximate surface area is 244 Å². The van der Waals surface area contributed by atoms with E-state index in [1.807, 2.05) is 26.8 Å². The first-order chi connectivity index (χ1) is 19.1. The quantitative estimate of drug-likeness (QED) is 0.251. The van der Waals surface area contributed by atoms with Crippen LogP contribution in [-0.2, 0) is 25.6 Å². The van der Waals surface area contributed by atoms with Gasteiger partial charge in [0, 0.05) is 39.8 Å². The van der Waals surface area contributed by atoms with Crippen molar-refractivity contribution in [2.75, 3.05) is 26.4 Å². The lowest BCUT2D eigenvalue weighted by molar-refractivity contribution is -0.158. The van der Waals surface area contributed by atoms with Gasteiger partial charge in [-0.2, -0.15) is 0 Å². The van der Waals surface area contributed by atoms with Crippen LogP contribution in [0.1, 0.15) is 62.9 Å². The first-order valence-corrected chi connectivity index (χ1v) is 18.3. The van der Waals surface area contributed by atoms with Crippen molar-refractivity contribution in [1.29, 1.82) is 0 Å². The number of carbonyl (C=O) groups excluding carboxylic acids is 4. The molecule has 10 nitrogen and oxygen atoms in total. The van der Waals surface area contributed by atoms with E-state index in [1.165, 1.54) is 0 Å². The van der Waals surface area contributed by atoms with Crippen LogP contribution in [0.25, 0.3) is 0 Å². The minimum absolute atomic E-state index is 0.0776. The standard InChI is InChI=1S/C30H45N3O7Si/c1-20-14-23(18-31(16-20)29(37)40-30(2,3)4)39-22-8-9-24-21(15-22)17-32(27(24)35)25-10-11-26(34)33(28(25)36)19-38-12-13-41(5,6)7/h8-9,15,20,23,25H,10-14,16-19H2,1-7H3/t20-,23+,25+/m0/s1. The number of hydrogen-bond acceptors (Lipinski definition) is 7. The van der Waals surface area contributed by atoms with Crippen LogP contribution in [-0.4, -0.2) is 90.8 Å². The molecule has 0 aliphatic carbocycles. The summed E-state index contributed by atoms with van der Waals surface area (Å²) in [7, 11) is -1.30. The number of piperidine rings is 2. The number of hydrogen-bond donors (Lipinski definition) is 0. The summed E-state index contributed by atoms with van der Waals surface area (Å²) in [6.07, 6.45) is 0.724. The van der Waals surface area contributed by atoms with Gasteiger partial charge in [-0.15, -0.1) is 0 Å². The van der Waals surface area contributed by atoms with Crippen molar-refractivity contribution in [3.05, 3.63) is 29.3 Å². The summed E-state index contributed by atoms with van der Waals surface area (Å²) >= 11 is 0. The number of benzene rings is 1. The van der Waals surface area contributed by atoms with Crippen LogP contribution in [0.5, 0.6) is 5.75 Å². The molecule has 3 aliphatic rings. The van der Waals surface area contributed by atoms with Gasteiger partial charge in [-0.05, 0) is 69.3 Å². The van der Waals surface area contributed by atoms with Crippen molar-refractivity contribution >= 4 is 31.9 Å². The normalized spacial score (nSPS) is 23.6. The number of carbonyl (C=O) groups is 4. The molecular weight excluding hydrogens is 542 g/mol. The second kappa shape index (κ2) is 12.1. The molecule has 0 bridgehead atoms. The second-order valence-electron chi connectivity index (χ2n) is 13.8. The molecule has 226 valence electrons. The fourth-order valence-electron chi connectivity index (χ4n) is 5.47. The van der Waals surface area contributed by atoms with Gasteiger partial charge in [-0.25, -0.2) is 4.79 Å². The molecule has 41 heavy (non-hydrogen) atoms. The molecule has 3 aliphatic heterocycles. The Balaban J connectivity index is 1.39. The third-order valence-electron chi connectivity index (χ3n) is 7.56. The molecule has 3 heterocycles. The summed E-state index contributed by atoms with van der Waals surface area (Å²) in [6.45, 7) is 16.1. The van der Waals surface area contributed by atoms with Crippen molar-refractivity contribution in [2.24, 2.45) is 5.92 Å². The van der Waals surface area contributed by atoms with Gasteiger partial charge in [0.2, 0.25) is 5.91 Å². The summed E-state index contributed by atoms with van der Waals surface area (Å²) in [5.74, 6) is -0.00717. The minimum atomic E-state index is -1.30. The van der Waals surface area contributed by atoms with Gasteiger partial charge in [0.1, 0.15) is 30.2 Å². The average molecular weight is 588 g/mol. The summed E-state index contributed by atoms with van der Waals surface area (Å²) in [4.78, 5) is 56.2. The van der Waals surface area contributed by atoms with Crippen molar-refractivity contribution in [1.82, 2.24) is 14.7 Å². The van der Waals surface area contributed by atoms with Gasteiger partial charge >= 0.3 is 6.09 Å². The Morgan fingerprint density at radius 2 is 1.83 bits per heavy atom. The Bertz CT molecular complexity index is 1180. The highest BCUT2D eigenvalue weighted by Crippen LogP contribution is 2.32. The molecule has 0 spiro atoms. The van der Waals surface area contributed by atoms with Gasteiger partial charge in [-0.3, -0.25) is 19.3 Å². The summed E-state index contributed by atoms with van der Waals surface area (Å²) in [5, 5.41) is 0. The monoisotopic (exact) mass is 587 g/mol. The lowest BCUT2D eigenvalue weighted by atomic mass is 9.98. The molecule has 11 heteroatoms. The zero-order valence-corrected chi connectivity index (χ0v) is 26.5. The van der Waals surface area contributed by atoms with E-state index in [2.05, 4.69) is 26.6 Å².